The second-order valence-electron chi connectivity index (χ2n) is 4.89. The maximum atomic E-state index is 2.35. The molecule has 0 bridgehead atoms. The van der Waals surface area contributed by atoms with Crippen LogP contribution in [-0.2, 0) is 0 Å². The van der Waals surface area contributed by atoms with Gasteiger partial charge in [0.15, 0.2) is 0 Å². The van der Waals surface area contributed by atoms with E-state index in [1.165, 1.54) is 30.4 Å². The summed E-state index contributed by atoms with van der Waals surface area (Å²) in [5, 5.41) is 0. The van der Waals surface area contributed by atoms with Gasteiger partial charge in [0.1, 0.15) is 0 Å². The molecule has 0 amide bonds. The molecular formula is C17H26. The second-order valence-corrected chi connectivity index (χ2v) is 4.89. The average Bonchev–Trinajstić information content (AvgIpc) is 2.32. The van der Waals surface area contributed by atoms with Crippen LogP contribution in [0, 0.1) is 13.8 Å². The Morgan fingerprint density at radius 3 is 2.53 bits per heavy atom. The van der Waals surface area contributed by atoms with Crippen molar-refractivity contribution in [2.45, 2.75) is 59.3 Å². The number of allylic oxidation sites excluding steroid dienone is 2. The summed E-state index contributed by atoms with van der Waals surface area (Å²) in [6, 6.07) is 6.72. The van der Waals surface area contributed by atoms with E-state index in [1.54, 1.807) is 5.56 Å². The number of aryl methyl sites for hydroxylation is 1. The monoisotopic (exact) mass is 230 g/mol. The Morgan fingerprint density at radius 2 is 1.88 bits per heavy atom. The Bertz CT molecular complexity index is 360. The van der Waals surface area contributed by atoms with E-state index < -0.39 is 0 Å². The van der Waals surface area contributed by atoms with Gasteiger partial charge in [-0.15, -0.1) is 0 Å². The molecule has 1 atom stereocenters. The first-order chi connectivity index (χ1) is 8.20. The van der Waals surface area contributed by atoms with Gasteiger partial charge in [0.05, 0.1) is 0 Å². The van der Waals surface area contributed by atoms with E-state index in [9.17, 15) is 0 Å². The SMILES string of the molecule is CC/C=C\CC(CCC)c1cccc(C)c1C. The lowest BCUT2D eigenvalue weighted by Crippen LogP contribution is -2.01. The lowest BCUT2D eigenvalue weighted by atomic mass is 9.87. The minimum atomic E-state index is 0.697. The Labute approximate surface area is 107 Å². The molecule has 0 nitrogen and oxygen atoms in total. The molecule has 0 saturated carbocycles. The molecule has 17 heavy (non-hydrogen) atoms. The molecule has 0 radical (unpaired) electrons. The van der Waals surface area contributed by atoms with Gasteiger partial charge in [0.25, 0.3) is 0 Å². The van der Waals surface area contributed by atoms with Gasteiger partial charge in [-0.2, -0.15) is 0 Å². The number of benzene rings is 1. The van der Waals surface area contributed by atoms with Gasteiger partial charge < -0.3 is 0 Å². The highest BCUT2D eigenvalue weighted by Gasteiger charge is 2.12. The van der Waals surface area contributed by atoms with E-state index in [4.69, 9.17) is 0 Å². The van der Waals surface area contributed by atoms with Gasteiger partial charge in [0, 0.05) is 0 Å². The van der Waals surface area contributed by atoms with Gasteiger partial charge in [-0.25, -0.2) is 0 Å². The summed E-state index contributed by atoms with van der Waals surface area (Å²) in [5.41, 5.74) is 4.45. The first-order valence-corrected chi connectivity index (χ1v) is 6.91. The Kier molecular flexibility index (Phi) is 6.04. The highest BCUT2D eigenvalue weighted by Crippen LogP contribution is 2.29. The molecule has 1 rings (SSSR count). The molecule has 1 aromatic rings. The molecular weight excluding hydrogens is 204 g/mol. The fourth-order valence-corrected chi connectivity index (χ4v) is 2.39. The lowest BCUT2D eigenvalue weighted by molar-refractivity contribution is 0.616. The Balaban J connectivity index is 2.88. The fraction of sp³-hybridized carbons (Fsp3) is 0.529. The van der Waals surface area contributed by atoms with Crippen molar-refractivity contribution in [1.29, 1.82) is 0 Å². The van der Waals surface area contributed by atoms with Crippen molar-refractivity contribution in [3.63, 3.8) is 0 Å². The maximum absolute atomic E-state index is 2.35. The highest BCUT2D eigenvalue weighted by atomic mass is 14.2. The van der Waals surface area contributed by atoms with Crippen LogP contribution in [0.15, 0.2) is 30.4 Å². The molecule has 0 aromatic heterocycles. The van der Waals surface area contributed by atoms with E-state index in [0.29, 0.717) is 5.92 Å². The number of hydrogen-bond acceptors (Lipinski definition) is 0. The second kappa shape index (κ2) is 7.32. The summed E-state index contributed by atoms with van der Waals surface area (Å²) < 4.78 is 0. The van der Waals surface area contributed by atoms with Gasteiger partial charge in [0.2, 0.25) is 0 Å². The molecule has 1 unspecified atom stereocenters. The molecule has 0 aliphatic heterocycles. The Hall–Kier alpha value is -1.04. The van der Waals surface area contributed by atoms with E-state index >= 15 is 0 Å². The van der Waals surface area contributed by atoms with Crippen LogP contribution in [0.1, 0.15) is 62.1 Å². The van der Waals surface area contributed by atoms with Crippen LogP contribution in [-0.4, -0.2) is 0 Å². The number of rotatable bonds is 6. The van der Waals surface area contributed by atoms with Crippen LogP contribution < -0.4 is 0 Å². The van der Waals surface area contributed by atoms with Crippen LogP contribution in [0.3, 0.4) is 0 Å². The molecule has 0 saturated heterocycles. The molecule has 0 aliphatic carbocycles. The van der Waals surface area contributed by atoms with Gasteiger partial charge in [-0.3, -0.25) is 0 Å². The summed E-state index contributed by atoms with van der Waals surface area (Å²) in [7, 11) is 0. The van der Waals surface area contributed by atoms with Gasteiger partial charge in [-0.1, -0.05) is 50.6 Å². The minimum Gasteiger partial charge on any atom is -0.0888 e. The highest BCUT2D eigenvalue weighted by molar-refractivity contribution is 5.35. The van der Waals surface area contributed by atoms with Crippen LogP contribution in [0.25, 0.3) is 0 Å². The topological polar surface area (TPSA) is 0 Å². The minimum absolute atomic E-state index is 0.697. The molecule has 94 valence electrons. The maximum Gasteiger partial charge on any atom is -0.0125 e. The van der Waals surface area contributed by atoms with Crippen molar-refractivity contribution < 1.29 is 0 Å². The first-order valence-electron chi connectivity index (χ1n) is 6.91. The predicted octanol–water partition coefficient (Wildman–Crippen LogP) is 5.54. The number of hydrogen-bond donors (Lipinski definition) is 0. The summed E-state index contributed by atoms with van der Waals surface area (Å²) in [6.07, 6.45) is 9.52. The zero-order chi connectivity index (χ0) is 12.7. The standard InChI is InChI=1S/C17H26/c1-5-7-8-12-16(10-6-2)17-13-9-11-14(3)15(17)4/h7-9,11,13,16H,5-6,10,12H2,1-4H3/b8-7-. The zero-order valence-corrected chi connectivity index (χ0v) is 11.8. The van der Waals surface area contributed by atoms with E-state index in [0.717, 1.165) is 6.42 Å². The summed E-state index contributed by atoms with van der Waals surface area (Å²) in [6.45, 7) is 8.95. The van der Waals surface area contributed by atoms with Crippen molar-refractivity contribution in [1.82, 2.24) is 0 Å². The average molecular weight is 230 g/mol. The van der Waals surface area contributed by atoms with Crippen LogP contribution in [0.5, 0.6) is 0 Å². The van der Waals surface area contributed by atoms with E-state index in [2.05, 4.69) is 58.0 Å². The third-order valence-corrected chi connectivity index (χ3v) is 3.55. The van der Waals surface area contributed by atoms with Crippen LogP contribution in [0.2, 0.25) is 0 Å². The lowest BCUT2D eigenvalue weighted by Gasteiger charge is -2.18. The zero-order valence-electron chi connectivity index (χ0n) is 11.8. The quantitative estimate of drug-likeness (QED) is 0.562. The largest absolute Gasteiger partial charge is 0.0888 e. The summed E-state index contributed by atoms with van der Waals surface area (Å²) in [5.74, 6) is 0.697. The van der Waals surface area contributed by atoms with Crippen LogP contribution in [0.4, 0.5) is 0 Å². The molecule has 0 fully saturated rings. The van der Waals surface area contributed by atoms with Crippen LogP contribution >= 0.6 is 0 Å². The fourth-order valence-electron chi connectivity index (χ4n) is 2.39. The summed E-state index contributed by atoms with van der Waals surface area (Å²) in [4.78, 5) is 0. The third kappa shape index (κ3) is 4.03. The summed E-state index contributed by atoms with van der Waals surface area (Å²) >= 11 is 0. The molecule has 0 heterocycles. The Morgan fingerprint density at radius 1 is 1.12 bits per heavy atom. The van der Waals surface area contributed by atoms with Crippen molar-refractivity contribution in [2.24, 2.45) is 0 Å². The first kappa shape index (κ1) is 14.0. The van der Waals surface area contributed by atoms with Crippen molar-refractivity contribution >= 4 is 0 Å². The molecule has 0 aliphatic rings. The van der Waals surface area contributed by atoms with Crippen molar-refractivity contribution in [3.8, 4) is 0 Å². The van der Waals surface area contributed by atoms with Gasteiger partial charge in [-0.05, 0) is 55.7 Å². The molecule has 1 aromatic carbocycles. The normalized spacial score (nSPS) is 13.2. The molecule has 0 heteroatoms. The molecule has 0 N–H and O–H groups in total. The van der Waals surface area contributed by atoms with Gasteiger partial charge >= 0.3 is 0 Å². The predicted molar refractivity (Wildman–Crippen MR) is 77.6 cm³/mol. The van der Waals surface area contributed by atoms with Crippen molar-refractivity contribution in [3.05, 3.63) is 47.0 Å². The smallest absolute Gasteiger partial charge is 0.0125 e. The van der Waals surface area contributed by atoms with E-state index in [-0.39, 0.29) is 0 Å². The third-order valence-electron chi connectivity index (χ3n) is 3.55. The van der Waals surface area contributed by atoms with E-state index in [1.807, 2.05) is 0 Å². The molecule has 0 spiro atoms. The van der Waals surface area contributed by atoms with Crippen molar-refractivity contribution in [2.75, 3.05) is 0 Å².